The van der Waals surface area contributed by atoms with E-state index in [1.54, 1.807) is 0 Å². The summed E-state index contributed by atoms with van der Waals surface area (Å²) in [7, 11) is 0. The fourth-order valence-electron chi connectivity index (χ4n) is 3.12. The molecule has 3 unspecified atom stereocenters. The van der Waals surface area contributed by atoms with E-state index < -0.39 is 17.3 Å². The number of nitrogens with one attached hydrogen (secondary N) is 3. The van der Waals surface area contributed by atoms with Crippen molar-refractivity contribution in [1.82, 2.24) is 16.1 Å². The van der Waals surface area contributed by atoms with Crippen LogP contribution in [-0.4, -0.2) is 34.9 Å². The zero-order chi connectivity index (χ0) is 26.1. The number of hydrazine groups is 1. The standard InChI is InChI=1S/C26H46N4O3S/c1-8-19(4)17-23(32)29-24(25(33)30-27)26(28-22(7)31)34-16-15-21(6)14-10-13-20(5)12-9-11-18(2)3/h11,13,15,19,24,26H,8-10,12,14,16-17,27H2,1-7H3,(H,28,31)(H,29,32)(H,30,33). The predicted molar refractivity (Wildman–Crippen MR) is 144 cm³/mol. The lowest BCUT2D eigenvalue weighted by atomic mass is 10.0. The number of amides is 3. The normalized spacial score (nSPS) is 14.6. The highest BCUT2D eigenvalue weighted by molar-refractivity contribution is 8.00. The highest BCUT2D eigenvalue weighted by atomic mass is 32.2. The summed E-state index contributed by atoms with van der Waals surface area (Å²) in [6, 6.07) is -0.962. The van der Waals surface area contributed by atoms with Crippen LogP contribution in [0.25, 0.3) is 0 Å². The zero-order valence-corrected chi connectivity index (χ0v) is 22.9. The summed E-state index contributed by atoms with van der Waals surface area (Å²) in [6.45, 7) is 13.9. The van der Waals surface area contributed by atoms with Gasteiger partial charge in [-0.15, -0.1) is 11.8 Å². The van der Waals surface area contributed by atoms with Crippen molar-refractivity contribution in [3.8, 4) is 0 Å². The molecular weight excluding hydrogens is 448 g/mol. The number of carbonyl (C=O) groups is 3. The Morgan fingerprint density at radius 1 is 0.912 bits per heavy atom. The van der Waals surface area contributed by atoms with Crippen LogP contribution in [0.4, 0.5) is 0 Å². The molecule has 0 saturated heterocycles. The van der Waals surface area contributed by atoms with Crippen LogP contribution in [0.1, 0.15) is 87.0 Å². The molecule has 0 aliphatic heterocycles. The number of hydrogen-bond donors (Lipinski definition) is 4. The van der Waals surface area contributed by atoms with Gasteiger partial charge in [0.05, 0.1) is 0 Å². The predicted octanol–water partition coefficient (Wildman–Crippen LogP) is 4.51. The minimum Gasteiger partial charge on any atom is -0.342 e. The van der Waals surface area contributed by atoms with Crippen molar-refractivity contribution in [2.45, 2.75) is 98.4 Å². The van der Waals surface area contributed by atoms with Gasteiger partial charge >= 0.3 is 0 Å². The van der Waals surface area contributed by atoms with Crippen LogP contribution in [0.2, 0.25) is 0 Å². The number of hydrogen-bond acceptors (Lipinski definition) is 5. The molecule has 0 radical (unpaired) electrons. The second-order valence-electron chi connectivity index (χ2n) is 9.19. The van der Waals surface area contributed by atoms with E-state index in [-0.39, 0.29) is 17.7 Å². The molecule has 0 fully saturated rings. The molecule has 194 valence electrons. The third-order valence-electron chi connectivity index (χ3n) is 5.45. The van der Waals surface area contributed by atoms with Crippen molar-refractivity contribution in [1.29, 1.82) is 0 Å². The first-order valence-corrected chi connectivity index (χ1v) is 13.2. The maximum atomic E-state index is 12.4. The molecule has 0 aliphatic rings. The minimum atomic E-state index is -0.962. The third-order valence-corrected chi connectivity index (χ3v) is 6.56. The van der Waals surface area contributed by atoms with Crippen molar-refractivity contribution in [3.63, 3.8) is 0 Å². The Bertz CT molecular complexity index is 742. The number of allylic oxidation sites excluding steroid dienone is 5. The Balaban J connectivity index is 5.00. The fraction of sp³-hybridized carbons (Fsp3) is 0.654. The first kappa shape index (κ1) is 31.9. The minimum absolute atomic E-state index is 0.198. The van der Waals surface area contributed by atoms with Crippen LogP contribution in [0.15, 0.2) is 34.9 Å². The summed E-state index contributed by atoms with van der Waals surface area (Å²) in [6.07, 6.45) is 11.9. The summed E-state index contributed by atoms with van der Waals surface area (Å²) in [4.78, 5) is 36.6. The molecule has 3 atom stereocenters. The van der Waals surface area contributed by atoms with E-state index in [9.17, 15) is 14.4 Å². The van der Waals surface area contributed by atoms with Gasteiger partial charge in [0.1, 0.15) is 11.4 Å². The number of carbonyl (C=O) groups excluding carboxylic acids is 3. The maximum Gasteiger partial charge on any atom is 0.259 e. The molecule has 3 amide bonds. The zero-order valence-electron chi connectivity index (χ0n) is 22.1. The Morgan fingerprint density at radius 2 is 1.50 bits per heavy atom. The van der Waals surface area contributed by atoms with Gasteiger partial charge in [-0.05, 0) is 59.3 Å². The molecule has 0 rings (SSSR count). The van der Waals surface area contributed by atoms with Crippen molar-refractivity contribution >= 4 is 29.5 Å². The Kier molecular flexibility index (Phi) is 17.2. The van der Waals surface area contributed by atoms with E-state index >= 15 is 0 Å². The first-order valence-electron chi connectivity index (χ1n) is 12.1. The van der Waals surface area contributed by atoms with E-state index in [1.165, 1.54) is 35.4 Å². The molecule has 0 saturated carbocycles. The van der Waals surface area contributed by atoms with Crippen LogP contribution in [-0.2, 0) is 14.4 Å². The molecule has 5 N–H and O–H groups in total. The average Bonchev–Trinajstić information content (AvgIpc) is 2.75. The lowest BCUT2D eigenvalue weighted by Crippen LogP contribution is -2.58. The van der Waals surface area contributed by atoms with E-state index in [0.717, 1.165) is 32.1 Å². The van der Waals surface area contributed by atoms with Crippen LogP contribution in [0.5, 0.6) is 0 Å². The largest absolute Gasteiger partial charge is 0.342 e. The number of rotatable bonds is 16. The molecule has 34 heavy (non-hydrogen) atoms. The number of nitrogens with two attached hydrogens (primary N) is 1. The molecule has 0 spiro atoms. The summed E-state index contributed by atoms with van der Waals surface area (Å²) < 4.78 is 0. The molecule has 0 aromatic carbocycles. The molecule has 0 heterocycles. The lowest BCUT2D eigenvalue weighted by Gasteiger charge is -2.27. The van der Waals surface area contributed by atoms with Gasteiger partial charge < -0.3 is 10.6 Å². The van der Waals surface area contributed by atoms with Crippen molar-refractivity contribution in [2.75, 3.05) is 5.75 Å². The van der Waals surface area contributed by atoms with Gasteiger partial charge in [-0.25, -0.2) is 5.84 Å². The summed E-state index contributed by atoms with van der Waals surface area (Å²) in [5.41, 5.74) is 6.09. The van der Waals surface area contributed by atoms with E-state index in [1.807, 2.05) is 13.8 Å². The van der Waals surface area contributed by atoms with Crippen LogP contribution >= 0.6 is 11.8 Å². The third kappa shape index (κ3) is 15.7. The molecule has 0 aromatic rings. The fourth-order valence-corrected chi connectivity index (χ4v) is 4.34. The first-order chi connectivity index (χ1) is 16.0. The Morgan fingerprint density at radius 3 is 2.03 bits per heavy atom. The van der Waals surface area contributed by atoms with E-state index in [4.69, 9.17) is 5.84 Å². The second-order valence-corrected chi connectivity index (χ2v) is 10.4. The van der Waals surface area contributed by atoms with Gasteiger partial charge in [-0.3, -0.25) is 19.8 Å². The van der Waals surface area contributed by atoms with Gasteiger partial charge in [0.15, 0.2) is 0 Å². The molecular formula is C26H46N4O3S. The van der Waals surface area contributed by atoms with Crippen molar-refractivity contribution in [3.05, 3.63) is 34.9 Å². The molecule has 0 aliphatic carbocycles. The quantitative estimate of drug-likeness (QED) is 0.0829. The Hall–Kier alpha value is -2.06. The molecule has 0 bridgehead atoms. The van der Waals surface area contributed by atoms with Crippen LogP contribution < -0.4 is 21.9 Å². The maximum absolute atomic E-state index is 12.4. The average molecular weight is 495 g/mol. The van der Waals surface area contributed by atoms with Crippen molar-refractivity contribution in [2.24, 2.45) is 11.8 Å². The number of thioether (sulfide) groups is 1. The van der Waals surface area contributed by atoms with Gasteiger partial charge in [0.2, 0.25) is 11.8 Å². The highest BCUT2D eigenvalue weighted by Gasteiger charge is 2.30. The molecule has 7 nitrogen and oxygen atoms in total. The Labute approximate surface area is 210 Å². The second kappa shape index (κ2) is 18.3. The SMILES string of the molecule is CCC(C)CC(=O)NC(C(=O)NN)C(NC(C)=O)SCC=C(C)CCC=C(C)CCC=C(C)C. The topological polar surface area (TPSA) is 113 Å². The smallest absolute Gasteiger partial charge is 0.259 e. The molecule has 8 heteroatoms. The van der Waals surface area contributed by atoms with Crippen molar-refractivity contribution < 1.29 is 14.4 Å². The van der Waals surface area contributed by atoms with E-state index in [0.29, 0.717) is 12.2 Å². The van der Waals surface area contributed by atoms with Gasteiger partial charge in [0.25, 0.3) is 5.91 Å². The van der Waals surface area contributed by atoms with Gasteiger partial charge in [0, 0.05) is 19.1 Å². The summed E-state index contributed by atoms with van der Waals surface area (Å²) >= 11 is 1.39. The lowest BCUT2D eigenvalue weighted by molar-refractivity contribution is -0.130. The highest BCUT2D eigenvalue weighted by Crippen LogP contribution is 2.17. The molecule has 0 aromatic heterocycles. The monoisotopic (exact) mass is 494 g/mol. The van der Waals surface area contributed by atoms with Gasteiger partial charge in [-0.1, -0.05) is 55.2 Å². The van der Waals surface area contributed by atoms with Crippen LogP contribution in [0, 0.1) is 5.92 Å². The summed E-state index contributed by atoms with van der Waals surface area (Å²) in [5.74, 6) is 5.08. The van der Waals surface area contributed by atoms with Gasteiger partial charge in [-0.2, -0.15) is 0 Å². The summed E-state index contributed by atoms with van der Waals surface area (Å²) in [5, 5.41) is 4.89. The van der Waals surface area contributed by atoms with E-state index in [2.05, 4.69) is 62.0 Å². The van der Waals surface area contributed by atoms with Crippen LogP contribution in [0.3, 0.4) is 0 Å².